The SMILES string of the molecule is C=CCCC(NCC1(OC)CCC1)C1CC1. The Bertz CT molecular complexity index is 225. The lowest BCUT2D eigenvalue weighted by molar-refractivity contribution is -0.0712. The molecule has 2 heteroatoms. The van der Waals surface area contributed by atoms with Crippen molar-refractivity contribution >= 4 is 0 Å². The fraction of sp³-hybridized carbons (Fsp3) is 0.857. The quantitative estimate of drug-likeness (QED) is 0.639. The fourth-order valence-corrected chi connectivity index (χ4v) is 2.64. The van der Waals surface area contributed by atoms with Crippen molar-refractivity contribution in [1.82, 2.24) is 5.32 Å². The molecular formula is C14H25NO. The highest BCUT2D eigenvalue weighted by atomic mass is 16.5. The number of hydrogen-bond acceptors (Lipinski definition) is 2. The average Bonchev–Trinajstić information content (AvgIpc) is 3.05. The highest BCUT2D eigenvalue weighted by molar-refractivity contribution is 4.95. The molecule has 2 saturated carbocycles. The van der Waals surface area contributed by atoms with Crippen LogP contribution in [0.1, 0.15) is 44.9 Å². The van der Waals surface area contributed by atoms with E-state index in [1.807, 2.05) is 13.2 Å². The summed E-state index contributed by atoms with van der Waals surface area (Å²) in [6, 6.07) is 0.700. The molecule has 1 N–H and O–H groups in total. The monoisotopic (exact) mass is 223 g/mol. The minimum absolute atomic E-state index is 0.168. The lowest BCUT2D eigenvalue weighted by atomic mass is 9.79. The summed E-state index contributed by atoms with van der Waals surface area (Å²) >= 11 is 0. The minimum Gasteiger partial charge on any atom is -0.377 e. The molecule has 2 aliphatic carbocycles. The smallest absolute Gasteiger partial charge is 0.0802 e. The molecule has 2 fully saturated rings. The van der Waals surface area contributed by atoms with E-state index in [1.165, 1.54) is 38.5 Å². The molecule has 1 unspecified atom stereocenters. The van der Waals surface area contributed by atoms with E-state index >= 15 is 0 Å². The number of methoxy groups -OCH3 is 1. The molecule has 0 aromatic rings. The zero-order valence-electron chi connectivity index (χ0n) is 10.5. The molecule has 0 saturated heterocycles. The van der Waals surface area contributed by atoms with Crippen LogP contribution in [0, 0.1) is 5.92 Å². The molecular weight excluding hydrogens is 198 g/mol. The minimum atomic E-state index is 0.168. The number of ether oxygens (including phenoxy) is 1. The maximum Gasteiger partial charge on any atom is 0.0802 e. The Morgan fingerprint density at radius 1 is 1.50 bits per heavy atom. The zero-order chi connectivity index (χ0) is 11.4. The van der Waals surface area contributed by atoms with E-state index in [4.69, 9.17) is 4.74 Å². The third-order valence-electron chi connectivity index (χ3n) is 4.26. The number of nitrogens with one attached hydrogen (secondary N) is 1. The standard InChI is InChI=1S/C14H25NO/c1-3-4-6-13(12-7-8-12)15-11-14(16-2)9-5-10-14/h3,12-13,15H,1,4-11H2,2H3. The van der Waals surface area contributed by atoms with Crippen LogP contribution in [0.15, 0.2) is 12.7 Å². The lowest BCUT2D eigenvalue weighted by Gasteiger charge is -2.41. The maximum atomic E-state index is 5.65. The normalized spacial score (nSPS) is 24.8. The zero-order valence-corrected chi connectivity index (χ0v) is 10.5. The van der Waals surface area contributed by atoms with Crippen LogP contribution in [-0.2, 0) is 4.74 Å². The van der Waals surface area contributed by atoms with E-state index < -0.39 is 0 Å². The van der Waals surface area contributed by atoms with Crippen LogP contribution in [0.5, 0.6) is 0 Å². The summed E-state index contributed by atoms with van der Waals surface area (Å²) in [5.74, 6) is 0.925. The first kappa shape index (κ1) is 12.1. The lowest BCUT2D eigenvalue weighted by Crippen LogP contribution is -2.50. The van der Waals surface area contributed by atoms with Gasteiger partial charge in [-0.1, -0.05) is 6.08 Å². The summed E-state index contributed by atoms with van der Waals surface area (Å²) in [6.07, 6.45) is 11.0. The average molecular weight is 223 g/mol. The Balaban J connectivity index is 1.74. The van der Waals surface area contributed by atoms with Crippen molar-refractivity contribution in [3.05, 3.63) is 12.7 Å². The fourth-order valence-electron chi connectivity index (χ4n) is 2.64. The van der Waals surface area contributed by atoms with Crippen LogP contribution in [0.3, 0.4) is 0 Å². The summed E-state index contributed by atoms with van der Waals surface area (Å²) in [5, 5.41) is 3.74. The van der Waals surface area contributed by atoms with Gasteiger partial charge in [0.15, 0.2) is 0 Å². The predicted octanol–water partition coefficient (Wildman–Crippen LogP) is 2.89. The molecule has 0 aromatic heterocycles. The van der Waals surface area contributed by atoms with Crippen molar-refractivity contribution < 1.29 is 4.74 Å². The Hall–Kier alpha value is -0.340. The number of rotatable bonds is 8. The predicted molar refractivity (Wildman–Crippen MR) is 67.5 cm³/mol. The van der Waals surface area contributed by atoms with Crippen molar-refractivity contribution in [2.24, 2.45) is 5.92 Å². The van der Waals surface area contributed by atoms with Gasteiger partial charge in [0, 0.05) is 19.7 Å². The Morgan fingerprint density at radius 2 is 2.25 bits per heavy atom. The van der Waals surface area contributed by atoms with Crippen LogP contribution in [0.4, 0.5) is 0 Å². The van der Waals surface area contributed by atoms with E-state index in [-0.39, 0.29) is 5.60 Å². The van der Waals surface area contributed by atoms with Gasteiger partial charge in [0.05, 0.1) is 5.60 Å². The third kappa shape index (κ3) is 2.86. The molecule has 16 heavy (non-hydrogen) atoms. The van der Waals surface area contributed by atoms with Gasteiger partial charge in [-0.25, -0.2) is 0 Å². The summed E-state index contributed by atoms with van der Waals surface area (Å²) in [6.45, 7) is 4.86. The molecule has 2 nitrogen and oxygen atoms in total. The topological polar surface area (TPSA) is 21.3 Å². The van der Waals surface area contributed by atoms with Crippen molar-refractivity contribution in [3.8, 4) is 0 Å². The van der Waals surface area contributed by atoms with E-state index in [9.17, 15) is 0 Å². The molecule has 0 aliphatic heterocycles. The first-order valence-corrected chi connectivity index (χ1v) is 6.69. The largest absolute Gasteiger partial charge is 0.377 e. The molecule has 2 rings (SSSR count). The summed E-state index contributed by atoms with van der Waals surface area (Å²) in [5.41, 5.74) is 0.168. The van der Waals surface area contributed by atoms with Gasteiger partial charge in [0.25, 0.3) is 0 Å². The summed E-state index contributed by atoms with van der Waals surface area (Å²) in [7, 11) is 1.86. The van der Waals surface area contributed by atoms with Gasteiger partial charge < -0.3 is 10.1 Å². The van der Waals surface area contributed by atoms with Gasteiger partial charge in [0.1, 0.15) is 0 Å². The van der Waals surface area contributed by atoms with Crippen LogP contribution in [0.25, 0.3) is 0 Å². The second kappa shape index (κ2) is 5.33. The summed E-state index contributed by atoms with van der Waals surface area (Å²) in [4.78, 5) is 0. The van der Waals surface area contributed by atoms with Crippen molar-refractivity contribution in [1.29, 1.82) is 0 Å². The van der Waals surface area contributed by atoms with E-state index in [0.717, 1.165) is 18.9 Å². The molecule has 0 spiro atoms. The Kier molecular flexibility index (Phi) is 4.04. The number of allylic oxidation sites excluding steroid dienone is 1. The highest BCUT2D eigenvalue weighted by Gasteiger charge is 2.38. The van der Waals surface area contributed by atoms with Gasteiger partial charge in [-0.05, 0) is 50.9 Å². The second-order valence-corrected chi connectivity index (χ2v) is 5.43. The first-order valence-electron chi connectivity index (χ1n) is 6.69. The van der Waals surface area contributed by atoms with E-state index in [0.29, 0.717) is 6.04 Å². The molecule has 2 aliphatic rings. The van der Waals surface area contributed by atoms with Crippen LogP contribution in [0.2, 0.25) is 0 Å². The van der Waals surface area contributed by atoms with Gasteiger partial charge in [-0.15, -0.1) is 6.58 Å². The molecule has 1 atom stereocenters. The molecule has 0 amide bonds. The van der Waals surface area contributed by atoms with Crippen molar-refractivity contribution in [3.63, 3.8) is 0 Å². The third-order valence-corrected chi connectivity index (χ3v) is 4.26. The summed E-state index contributed by atoms with van der Waals surface area (Å²) < 4.78 is 5.65. The molecule has 0 aromatic carbocycles. The molecule has 0 radical (unpaired) electrons. The maximum absolute atomic E-state index is 5.65. The molecule has 0 bridgehead atoms. The Morgan fingerprint density at radius 3 is 2.69 bits per heavy atom. The van der Waals surface area contributed by atoms with Gasteiger partial charge in [0.2, 0.25) is 0 Å². The van der Waals surface area contributed by atoms with Gasteiger partial charge in [-0.2, -0.15) is 0 Å². The molecule has 92 valence electrons. The van der Waals surface area contributed by atoms with Crippen LogP contribution < -0.4 is 5.32 Å². The molecule has 0 heterocycles. The Labute approximate surface area is 99.4 Å². The second-order valence-electron chi connectivity index (χ2n) is 5.43. The van der Waals surface area contributed by atoms with E-state index in [1.54, 1.807) is 0 Å². The van der Waals surface area contributed by atoms with Gasteiger partial charge >= 0.3 is 0 Å². The van der Waals surface area contributed by atoms with Crippen LogP contribution in [-0.4, -0.2) is 25.3 Å². The number of hydrogen-bond donors (Lipinski definition) is 1. The van der Waals surface area contributed by atoms with Crippen molar-refractivity contribution in [2.75, 3.05) is 13.7 Å². The van der Waals surface area contributed by atoms with Crippen molar-refractivity contribution in [2.45, 2.75) is 56.6 Å². The van der Waals surface area contributed by atoms with Crippen LogP contribution >= 0.6 is 0 Å². The van der Waals surface area contributed by atoms with E-state index in [2.05, 4.69) is 11.9 Å². The first-order chi connectivity index (χ1) is 7.79. The highest BCUT2D eigenvalue weighted by Crippen LogP contribution is 2.37. The van der Waals surface area contributed by atoms with Gasteiger partial charge in [-0.3, -0.25) is 0 Å².